The lowest BCUT2D eigenvalue weighted by atomic mass is 10.0. The summed E-state index contributed by atoms with van der Waals surface area (Å²) < 4.78 is 5.83. The molecule has 4 nitrogen and oxygen atoms in total. The van der Waals surface area contributed by atoms with Gasteiger partial charge in [-0.25, -0.2) is 0 Å². The fourth-order valence-electron chi connectivity index (χ4n) is 2.03. The Balaban J connectivity index is 1.89. The van der Waals surface area contributed by atoms with Crippen LogP contribution in [-0.4, -0.2) is 31.3 Å². The zero-order valence-electron chi connectivity index (χ0n) is 10.9. The van der Waals surface area contributed by atoms with E-state index in [9.17, 15) is 9.90 Å². The Kier molecular flexibility index (Phi) is 4.67. The normalized spacial score (nSPS) is 16.1. The summed E-state index contributed by atoms with van der Waals surface area (Å²) in [6, 6.07) is 4.97. The van der Waals surface area contributed by atoms with E-state index in [4.69, 9.17) is 4.74 Å². The molecule has 0 aliphatic heterocycles. The van der Waals surface area contributed by atoms with Gasteiger partial charge in [-0.15, -0.1) is 0 Å². The zero-order chi connectivity index (χ0) is 13.9. The number of hydrogen-bond acceptors (Lipinski definition) is 3. The third kappa shape index (κ3) is 3.82. The van der Waals surface area contributed by atoms with E-state index >= 15 is 0 Å². The van der Waals surface area contributed by atoms with E-state index < -0.39 is 0 Å². The highest BCUT2D eigenvalue weighted by Gasteiger charge is 2.42. The first-order valence-corrected chi connectivity index (χ1v) is 7.40. The molecule has 1 saturated carbocycles. The summed E-state index contributed by atoms with van der Waals surface area (Å²) in [6.45, 7) is 1.42. The van der Waals surface area contributed by atoms with Gasteiger partial charge in [0.2, 0.25) is 0 Å². The molecule has 0 aromatic heterocycles. The molecule has 0 spiro atoms. The highest BCUT2D eigenvalue weighted by Crippen LogP contribution is 2.48. The van der Waals surface area contributed by atoms with Crippen molar-refractivity contribution in [1.82, 2.24) is 5.32 Å². The van der Waals surface area contributed by atoms with Crippen molar-refractivity contribution < 1.29 is 14.6 Å². The third-order valence-corrected chi connectivity index (χ3v) is 4.54. The molecule has 0 radical (unpaired) electrons. The van der Waals surface area contributed by atoms with Crippen molar-refractivity contribution in [2.45, 2.75) is 19.3 Å². The molecule has 0 bridgehead atoms. The molecule has 1 fully saturated rings. The SMILES string of the molecule is COCCC1(CNC(=O)c2ccc(I)c(O)c2)CC1. The van der Waals surface area contributed by atoms with Crippen molar-refractivity contribution in [2.24, 2.45) is 5.41 Å². The first-order valence-electron chi connectivity index (χ1n) is 6.32. The van der Waals surface area contributed by atoms with Crippen LogP contribution in [0.3, 0.4) is 0 Å². The zero-order valence-corrected chi connectivity index (χ0v) is 13.1. The molecule has 0 unspecified atom stereocenters. The number of phenolic OH excluding ortho intramolecular Hbond substituents is 1. The number of amides is 1. The van der Waals surface area contributed by atoms with Gasteiger partial charge in [0.25, 0.3) is 5.91 Å². The molecule has 5 heteroatoms. The van der Waals surface area contributed by atoms with E-state index in [0.717, 1.165) is 29.4 Å². The van der Waals surface area contributed by atoms with Crippen LogP contribution in [0.5, 0.6) is 5.75 Å². The van der Waals surface area contributed by atoms with Crippen LogP contribution in [0.15, 0.2) is 18.2 Å². The smallest absolute Gasteiger partial charge is 0.251 e. The topological polar surface area (TPSA) is 58.6 Å². The van der Waals surface area contributed by atoms with Crippen LogP contribution in [0.1, 0.15) is 29.6 Å². The number of rotatable bonds is 6. The Morgan fingerprint density at radius 3 is 2.84 bits per heavy atom. The highest BCUT2D eigenvalue weighted by atomic mass is 127. The first-order chi connectivity index (χ1) is 9.06. The fraction of sp³-hybridized carbons (Fsp3) is 0.500. The second-order valence-electron chi connectivity index (χ2n) is 5.09. The van der Waals surface area contributed by atoms with Crippen LogP contribution >= 0.6 is 22.6 Å². The summed E-state index contributed by atoms with van der Waals surface area (Å²) in [6.07, 6.45) is 3.28. The molecule has 1 amide bonds. The number of carbonyl (C=O) groups excluding carboxylic acids is 1. The number of carbonyl (C=O) groups is 1. The predicted molar refractivity (Wildman–Crippen MR) is 81.3 cm³/mol. The number of ether oxygens (including phenoxy) is 1. The van der Waals surface area contributed by atoms with Crippen molar-refractivity contribution in [3.63, 3.8) is 0 Å². The van der Waals surface area contributed by atoms with Crippen molar-refractivity contribution in [1.29, 1.82) is 0 Å². The Morgan fingerprint density at radius 2 is 2.26 bits per heavy atom. The van der Waals surface area contributed by atoms with Gasteiger partial charge in [-0.3, -0.25) is 4.79 Å². The molecule has 0 saturated heterocycles. The summed E-state index contributed by atoms with van der Waals surface area (Å²) in [4.78, 5) is 12.0. The van der Waals surface area contributed by atoms with Gasteiger partial charge in [0, 0.05) is 25.8 Å². The van der Waals surface area contributed by atoms with Crippen LogP contribution in [0, 0.1) is 8.99 Å². The first kappa shape index (κ1) is 14.6. The Hall–Kier alpha value is -0.820. The van der Waals surface area contributed by atoms with Crippen LogP contribution in [0.25, 0.3) is 0 Å². The monoisotopic (exact) mass is 375 g/mol. The number of benzene rings is 1. The van der Waals surface area contributed by atoms with E-state index in [1.165, 1.54) is 6.07 Å². The van der Waals surface area contributed by atoms with E-state index in [0.29, 0.717) is 12.1 Å². The molecule has 1 aromatic carbocycles. The van der Waals surface area contributed by atoms with Crippen LogP contribution < -0.4 is 5.32 Å². The second-order valence-corrected chi connectivity index (χ2v) is 6.25. The molecule has 104 valence electrons. The van der Waals surface area contributed by atoms with E-state index in [-0.39, 0.29) is 17.1 Å². The summed E-state index contributed by atoms with van der Waals surface area (Å²) in [5.41, 5.74) is 0.733. The molecule has 19 heavy (non-hydrogen) atoms. The molecular formula is C14H18INO3. The molecule has 0 heterocycles. The summed E-state index contributed by atoms with van der Waals surface area (Å²) in [5.74, 6) is 0.0177. The lowest BCUT2D eigenvalue weighted by molar-refractivity contribution is 0.0937. The van der Waals surface area contributed by atoms with Gasteiger partial charge in [-0.05, 0) is 65.5 Å². The quantitative estimate of drug-likeness (QED) is 0.752. The van der Waals surface area contributed by atoms with Crippen molar-refractivity contribution in [3.8, 4) is 5.75 Å². The molecule has 1 aromatic rings. The van der Waals surface area contributed by atoms with Crippen molar-refractivity contribution in [3.05, 3.63) is 27.3 Å². The molecule has 1 aliphatic rings. The minimum Gasteiger partial charge on any atom is -0.507 e. The Morgan fingerprint density at radius 1 is 1.53 bits per heavy atom. The van der Waals surface area contributed by atoms with Gasteiger partial charge in [0.05, 0.1) is 3.57 Å². The van der Waals surface area contributed by atoms with E-state index in [1.54, 1.807) is 19.2 Å². The van der Waals surface area contributed by atoms with Gasteiger partial charge in [-0.1, -0.05) is 0 Å². The Labute approximate surface area is 126 Å². The molecule has 2 rings (SSSR count). The standard InChI is InChI=1S/C14H18INO3/c1-19-7-6-14(4-5-14)9-16-13(18)10-2-3-11(15)12(17)8-10/h2-3,8,17H,4-7,9H2,1H3,(H,16,18). The minimum atomic E-state index is -0.129. The Bertz CT molecular complexity index is 472. The predicted octanol–water partition coefficient (Wildman–Crippen LogP) is 2.54. The summed E-state index contributed by atoms with van der Waals surface area (Å²) in [7, 11) is 1.70. The third-order valence-electron chi connectivity index (χ3n) is 3.63. The van der Waals surface area contributed by atoms with Gasteiger partial charge in [-0.2, -0.15) is 0 Å². The molecule has 0 atom stereocenters. The van der Waals surface area contributed by atoms with Crippen molar-refractivity contribution in [2.75, 3.05) is 20.3 Å². The van der Waals surface area contributed by atoms with Gasteiger partial charge in [0.15, 0.2) is 0 Å². The van der Waals surface area contributed by atoms with Crippen LogP contribution in [-0.2, 0) is 4.74 Å². The number of hydrogen-bond donors (Lipinski definition) is 2. The largest absolute Gasteiger partial charge is 0.507 e. The lowest BCUT2D eigenvalue weighted by Gasteiger charge is -2.15. The number of methoxy groups -OCH3 is 1. The highest BCUT2D eigenvalue weighted by molar-refractivity contribution is 14.1. The molecule has 1 aliphatic carbocycles. The average Bonchev–Trinajstić information content (AvgIpc) is 3.17. The number of halogens is 1. The van der Waals surface area contributed by atoms with Crippen LogP contribution in [0.4, 0.5) is 0 Å². The fourth-order valence-corrected chi connectivity index (χ4v) is 2.37. The van der Waals surface area contributed by atoms with Gasteiger partial charge in [0.1, 0.15) is 5.75 Å². The maximum Gasteiger partial charge on any atom is 0.251 e. The number of phenols is 1. The lowest BCUT2D eigenvalue weighted by Crippen LogP contribution is -2.30. The summed E-state index contributed by atoms with van der Waals surface area (Å²) >= 11 is 2.03. The maximum absolute atomic E-state index is 12.0. The summed E-state index contributed by atoms with van der Waals surface area (Å²) in [5, 5.41) is 12.6. The van der Waals surface area contributed by atoms with E-state index in [2.05, 4.69) is 5.32 Å². The van der Waals surface area contributed by atoms with Gasteiger partial charge >= 0.3 is 0 Å². The number of nitrogens with one attached hydrogen (secondary N) is 1. The van der Waals surface area contributed by atoms with Crippen LogP contribution in [0.2, 0.25) is 0 Å². The minimum absolute atomic E-state index is 0.129. The van der Waals surface area contributed by atoms with E-state index in [1.807, 2.05) is 22.6 Å². The maximum atomic E-state index is 12.0. The molecular weight excluding hydrogens is 357 g/mol. The number of aromatic hydroxyl groups is 1. The average molecular weight is 375 g/mol. The van der Waals surface area contributed by atoms with Crippen molar-refractivity contribution >= 4 is 28.5 Å². The second kappa shape index (κ2) is 6.09. The molecule has 2 N–H and O–H groups in total. The van der Waals surface area contributed by atoms with Gasteiger partial charge < -0.3 is 15.2 Å².